The Morgan fingerprint density at radius 3 is 2.67 bits per heavy atom. The zero-order valence-corrected chi connectivity index (χ0v) is 16.6. The average molecular weight is 388 g/mol. The van der Waals surface area contributed by atoms with Crippen molar-refractivity contribution in [3.8, 4) is 0 Å². The van der Waals surface area contributed by atoms with Gasteiger partial charge in [0, 0.05) is 18.7 Å². The van der Waals surface area contributed by atoms with Crippen LogP contribution in [0.1, 0.15) is 36.2 Å². The molecule has 2 N–H and O–H groups in total. The number of thioether (sulfide) groups is 1. The second-order valence-corrected chi connectivity index (χ2v) is 7.68. The van der Waals surface area contributed by atoms with Crippen LogP contribution in [0.2, 0.25) is 0 Å². The van der Waals surface area contributed by atoms with E-state index >= 15 is 0 Å². The Bertz CT molecular complexity index is 813. The smallest absolute Gasteiger partial charge is 0.243 e. The molecule has 1 aliphatic heterocycles. The van der Waals surface area contributed by atoms with Crippen LogP contribution in [-0.4, -0.2) is 38.9 Å². The molecule has 1 aliphatic rings. The van der Waals surface area contributed by atoms with Gasteiger partial charge >= 0.3 is 0 Å². The van der Waals surface area contributed by atoms with Gasteiger partial charge in [-0.05, 0) is 37.8 Å². The summed E-state index contributed by atoms with van der Waals surface area (Å²) in [4.78, 5) is 24.2. The van der Waals surface area contributed by atoms with E-state index in [4.69, 9.17) is 0 Å². The number of aryl methyl sites for hydroxylation is 3. The first-order valence-corrected chi connectivity index (χ1v) is 10.2. The highest BCUT2D eigenvalue weighted by molar-refractivity contribution is 7.99. The van der Waals surface area contributed by atoms with Gasteiger partial charge in [-0.1, -0.05) is 36.4 Å². The maximum Gasteiger partial charge on any atom is 0.243 e. The maximum atomic E-state index is 12.1. The topological polar surface area (TPSA) is 88.9 Å². The Morgan fingerprint density at radius 1 is 1.11 bits per heavy atom. The van der Waals surface area contributed by atoms with Gasteiger partial charge in [-0.2, -0.15) is 0 Å². The number of nitrogens with zero attached hydrogens (tertiary/aromatic N) is 3. The zero-order valence-electron chi connectivity index (χ0n) is 15.7. The molecule has 0 bridgehead atoms. The van der Waals surface area contributed by atoms with Crippen molar-refractivity contribution in [1.82, 2.24) is 20.1 Å². The van der Waals surface area contributed by atoms with E-state index in [1.165, 1.54) is 18.2 Å². The molecule has 27 heavy (non-hydrogen) atoms. The van der Waals surface area contributed by atoms with E-state index in [0.29, 0.717) is 0 Å². The molecule has 0 aliphatic carbocycles. The molecular formula is C19H25N5O2S. The van der Waals surface area contributed by atoms with E-state index < -0.39 is 0 Å². The summed E-state index contributed by atoms with van der Waals surface area (Å²) in [7, 11) is 0. The van der Waals surface area contributed by atoms with E-state index in [1.54, 1.807) is 0 Å². The lowest BCUT2D eigenvalue weighted by Crippen LogP contribution is -2.34. The number of aromatic nitrogens is 3. The van der Waals surface area contributed by atoms with Gasteiger partial charge in [-0.15, -0.1) is 10.2 Å². The van der Waals surface area contributed by atoms with Crippen LogP contribution in [-0.2, 0) is 22.6 Å². The summed E-state index contributed by atoms with van der Waals surface area (Å²) in [5.74, 6) is 0.794. The summed E-state index contributed by atoms with van der Waals surface area (Å²) in [6.45, 7) is 4.74. The summed E-state index contributed by atoms with van der Waals surface area (Å²) in [6.07, 6.45) is 4.39. The highest BCUT2D eigenvalue weighted by Gasteiger charge is 2.16. The van der Waals surface area contributed by atoms with E-state index in [9.17, 15) is 9.59 Å². The fraction of sp³-hybridized carbons (Fsp3) is 0.474. The van der Waals surface area contributed by atoms with E-state index in [1.807, 2.05) is 32.0 Å². The Kier molecular flexibility index (Phi) is 6.49. The number of hydrogen-bond donors (Lipinski definition) is 2. The van der Waals surface area contributed by atoms with Crippen molar-refractivity contribution in [2.45, 2.75) is 51.2 Å². The lowest BCUT2D eigenvalue weighted by atomic mass is 10.1. The minimum atomic E-state index is -0.234. The molecule has 1 aromatic heterocycles. The van der Waals surface area contributed by atoms with Crippen LogP contribution in [0, 0.1) is 13.8 Å². The Balaban J connectivity index is 1.46. The van der Waals surface area contributed by atoms with Crippen molar-refractivity contribution in [3.63, 3.8) is 0 Å². The van der Waals surface area contributed by atoms with Gasteiger partial charge in [0.25, 0.3) is 0 Å². The summed E-state index contributed by atoms with van der Waals surface area (Å²) < 4.78 is 2.11. The molecule has 0 atom stereocenters. The summed E-state index contributed by atoms with van der Waals surface area (Å²) in [5.41, 5.74) is 2.80. The minimum absolute atomic E-state index is 0.0505. The lowest BCUT2D eigenvalue weighted by Gasteiger charge is -2.12. The SMILES string of the molecule is Cc1cccc(C)c1NC(=O)CNC(=O)CSc1nnc2n1CCCCC2. The minimum Gasteiger partial charge on any atom is -0.346 e. The third kappa shape index (κ3) is 5.09. The molecule has 8 heteroatoms. The van der Waals surface area contributed by atoms with Crippen molar-refractivity contribution < 1.29 is 9.59 Å². The molecule has 144 valence electrons. The predicted molar refractivity (Wildman–Crippen MR) is 106 cm³/mol. The largest absolute Gasteiger partial charge is 0.346 e. The number of carbonyl (C=O) groups is 2. The highest BCUT2D eigenvalue weighted by atomic mass is 32.2. The van der Waals surface area contributed by atoms with Gasteiger partial charge in [-0.25, -0.2) is 0 Å². The van der Waals surface area contributed by atoms with Crippen molar-refractivity contribution >= 4 is 29.3 Å². The summed E-state index contributed by atoms with van der Waals surface area (Å²) >= 11 is 1.37. The Hall–Kier alpha value is -2.35. The number of carbonyl (C=O) groups excluding carboxylic acids is 2. The highest BCUT2D eigenvalue weighted by Crippen LogP contribution is 2.21. The van der Waals surface area contributed by atoms with Gasteiger partial charge in [0.05, 0.1) is 12.3 Å². The Labute approximate surface area is 163 Å². The fourth-order valence-corrected chi connectivity index (χ4v) is 3.93. The van der Waals surface area contributed by atoms with Crippen LogP contribution >= 0.6 is 11.8 Å². The number of anilines is 1. The third-order valence-corrected chi connectivity index (χ3v) is 5.57. The molecular weight excluding hydrogens is 362 g/mol. The molecule has 0 fully saturated rings. The number of amides is 2. The molecule has 2 heterocycles. The van der Waals surface area contributed by atoms with E-state index in [2.05, 4.69) is 25.4 Å². The standard InChI is InChI=1S/C19H25N5O2S/c1-13-7-6-8-14(2)18(13)21-16(25)11-20-17(26)12-27-19-23-22-15-9-4-3-5-10-24(15)19/h6-8H,3-5,9-12H2,1-2H3,(H,20,26)(H,21,25). The molecule has 0 unspecified atom stereocenters. The number of benzene rings is 1. The zero-order chi connectivity index (χ0) is 19.2. The van der Waals surface area contributed by atoms with Gasteiger partial charge < -0.3 is 15.2 Å². The first kappa shape index (κ1) is 19.4. The lowest BCUT2D eigenvalue weighted by molar-refractivity contribution is -0.122. The van der Waals surface area contributed by atoms with E-state index in [0.717, 1.165) is 53.6 Å². The second-order valence-electron chi connectivity index (χ2n) is 6.74. The van der Waals surface area contributed by atoms with Gasteiger partial charge in [0.15, 0.2) is 5.16 Å². The van der Waals surface area contributed by atoms with Crippen molar-refractivity contribution in [2.75, 3.05) is 17.6 Å². The molecule has 2 aromatic rings. The maximum absolute atomic E-state index is 12.1. The van der Waals surface area contributed by atoms with Gasteiger partial charge in [0.1, 0.15) is 5.82 Å². The molecule has 0 spiro atoms. The molecule has 0 saturated heterocycles. The number of rotatable bonds is 6. The summed E-state index contributed by atoms with van der Waals surface area (Å²) in [5, 5.41) is 14.7. The van der Waals surface area contributed by atoms with Crippen LogP contribution in [0.25, 0.3) is 0 Å². The van der Waals surface area contributed by atoms with Crippen LogP contribution in [0.3, 0.4) is 0 Å². The molecule has 0 saturated carbocycles. The normalized spacial score (nSPS) is 13.6. The molecule has 0 radical (unpaired) electrons. The predicted octanol–water partition coefficient (Wildman–Crippen LogP) is 2.47. The average Bonchev–Trinajstić information content (AvgIpc) is 2.87. The quantitative estimate of drug-likeness (QED) is 0.744. The number of fused-ring (bicyclic) bond motifs is 1. The van der Waals surface area contributed by atoms with Gasteiger partial charge in [-0.3, -0.25) is 9.59 Å². The van der Waals surface area contributed by atoms with Crippen molar-refractivity contribution in [2.24, 2.45) is 0 Å². The molecule has 3 rings (SSSR count). The van der Waals surface area contributed by atoms with Crippen LogP contribution in [0.5, 0.6) is 0 Å². The van der Waals surface area contributed by atoms with Gasteiger partial charge in [0.2, 0.25) is 11.8 Å². The fourth-order valence-electron chi connectivity index (χ4n) is 3.12. The number of nitrogens with one attached hydrogen (secondary N) is 2. The monoisotopic (exact) mass is 387 g/mol. The van der Waals surface area contributed by atoms with Crippen molar-refractivity contribution in [3.05, 3.63) is 35.2 Å². The molecule has 7 nitrogen and oxygen atoms in total. The first-order chi connectivity index (χ1) is 13.0. The van der Waals surface area contributed by atoms with Crippen molar-refractivity contribution in [1.29, 1.82) is 0 Å². The van der Waals surface area contributed by atoms with Crippen LogP contribution < -0.4 is 10.6 Å². The second kappa shape index (κ2) is 9.03. The van der Waals surface area contributed by atoms with E-state index in [-0.39, 0.29) is 24.1 Å². The molecule has 1 aromatic carbocycles. The first-order valence-electron chi connectivity index (χ1n) is 9.22. The van der Waals surface area contributed by atoms with Crippen LogP contribution in [0.15, 0.2) is 23.4 Å². The number of para-hydroxylation sites is 1. The third-order valence-electron chi connectivity index (χ3n) is 4.60. The Morgan fingerprint density at radius 2 is 1.89 bits per heavy atom. The molecule has 2 amide bonds. The summed E-state index contributed by atoms with van der Waals surface area (Å²) in [6, 6.07) is 5.84. The van der Waals surface area contributed by atoms with Crippen LogP contribution in [0.4, 0.5) is 5.69 Å². The number of hydrogen-bond acceptors (Lipinski definition) is 5.